The molecule has 14 nitrogen and oxygen atoms in total. The first-order valence-corrected chi connectivity index (χ1v) is 17.5. The summed E-state index contributed by atoms with van der Waals surface area (Å²) in [5.74, 6) is 0. The maximum absolute atomic E-state index is 14.1. The van der Waals surface area contributed by atoms with Crippen LogP contribution in [0.15, 0.2) is 24.3 Å². The van der Waals surface area contributed by atoms with Crippen molar-refractivity contribution in [2.45, 2.75) is 38.5 Å². The normalized spacial score (nSPS) is 14.5. The lowest BCUT2D eigenvalue weighted by molar-refractivity contribution is 0.194. The van der Waals surface area contributed by atoms with E-state index in [1.165, 1.54) is 45.9 Å². The molecule has 0 aliphatic carbocycles. The molecule has 2 rings (SSSR count). The molecule has 204 valence electrons. The fourth-order valence-electron chi connectivity index (χ4n) is 3.48. The van der Waals surface area contributed by atoms with Crippen molar-refractivity contribution in [1.29, 1.82) is 0 Å². The highest BCUT2D eigenvalue weighted by Crippen LogP contribution is 2.81. The zero-order chi connectivity index (χ0) is 27.4. The first-order chi connectivity index (χ1) is 16.7. The highest BCUT2D eigenvalue weighted by atomic mass is 31.3. The summed E-state index contributed by atoms with van der Waals surface area (Å²) in [4.78, 5) is 58.6. The van der Waals surface area contributed by atoms with Crippen LogP contribution in [-0.2, 0) is 31.8 Å². The summed E-state index contributed by atoms with van der Waals surface area (Å²) in [6, 6.07) is 5.95. The third kappa shape index (κ3) is 7.04. The summed E-state index contributed by atoms with van der Waals surface area (Å²) >= 11 is 0. The molecule has 18 heteroatoms. The molecule has 0 fully saturated rings. The minimum atomic E-state index is -5.58. The average molecular weight is 591 g/mol. The summed E-state index contributed by atoms with van der Waals surface area (Å²) in [6.07, 6.45) is 0. The van der Waals surface area contributed by atoms with Gasteiger partial charge in [-0.2, -0.15) is 14.7 Å². The Labute approximate surface area is 208 Å². The van der Waals surface area contributed by atoms with Crippen molar-refractivity contribution in [3.63, 3.8) is 0 Å². The SMILES string of the molecule is CCOP(=O)(OCC)C(c1nc2ccccc2nc1C(P(=O)(O)O)[P+](O)(O)O)P(=O)(OCC)OCC. The molecule has 0 amide bonds. The Kier molecular flexibility index (Phi) is 10.9. The van der Waals surface area contributed by atoms with Crippen LogP contribution in [0.4, 0.5) is 0 Å². The third-order valence-corrected chi connectivity index (χ3v) is 14.1. The highest BCUT2D eigenvalue weighted by molar-refractivity contribution is 7.74. The Morgan fingerprint density at radius 1 is 0.750 bits per heavy atom. The van der Waals surface area contributed by atoms with Crippen molar-refractivity contribution >= 4 is 41.8 Å². The van der Waals surface area contributed by atoms with Crippen molar-refractivity contribution in [2.75, 3.05) is 26.4 Å². The number of para-hydroxylation sites is 2. The second kappa shape index (κ2) is 12.5. The number of rotatable bonds is 14. The number of benzene rings is 1. The topological polar surface area (TPSA) is 215 Å². The first-order valence-electron chi connectivity index (χ1n) is 10.8. The van der Waals surface area contributed by atoms with Gasteiger partial charge in [-0.05, 0) is 39.8 Å². The highest BCUT2D eigenvalue weighted by Gasteiger charge is 2.62. The predicted octanol–water partition coefficient (Wildman–Crippen LogP) is 4.08. The minimum Gasteiger partial charge on any atom is -0.321 e. The standard InChI is InChI=1S/C18H30N2O12P4/c1-5-29-35(27,30-6-2)18(36(28,31-7-3)32-8-4)16-15(17(33(21,22)23)34(24,25)26)19-13-11-9-10-12-14(13)20-16/h9-12,17-18,21-23H,5-8H2,1-4H3,(H-,24,25,26)/p+1. The molecular weight excluding hydrogens is 560 g/mol. The zero-order valence-corrected chi connectivity index (χ0v) is 23.6. The van der Waals surface area contributed by atoms with Gasteiger partial charge in [-0.15, -0.1) is 0 Å². The van der Waals surface area contributed by atoms with Crippen molar-refractivity contribution in [2.24, 2.45) is 0 Å². The Bertz CT molecular complexity index is 1130. The van der Waals surface area contributed by atoms with E-state index in [0.717, 1.165) is 0 Å². The van der Waals surface area contributed by atoms with E-state index in [-0.39, 0.29) is 37.5 Å². The minimum absolute atomic E-state index is 0.0344. The van der Waals surface area contributed by atoms with E-state index in [4.69, 9.17) is 18.1 Å². The molecule has 1 aromatic carbocycles. The van der Waals surface area contributed by atoms with Crippen LogP contribution in [0.3, 0.4) is 0 Å². The molecule has 1 atom stereocenters. The van der Waals surface area contributed by atoms with Crippen LogP contribution in [-0.4, -0.2) is 60.9 Å². The summed E-state index contributed by atoms with van der Waals surface area (Å²) in [6.45, 7) is 5.08. The van der Waals surface area contributed by atoms with Crippen LogP contribution in [0.2, 0.25) is 0 Å². The Hall–Kier alpha value is -0.680. The van der Waals surface area contributed by atoms with Crippen molar-refractivity contribution in [3.8, 4) is 0 Å². The van der Waals surface area contributed by atoms with Gasteiger partial charge in [-0.1, -0.05) is 12.1 Å². The lowest BCUT2D eigenvalue weighted by Crippen LogP contribution is -2.19. The quantitative estimate of drug-likeness (QED) is 0.196. The molecule has 0 bridgehead atoms. The van der Waals surface area contributed by atoms with Gasteiger partial charge in [0.1, 0.15) is 5.69 Å². The molecule has 1 heterocycles. The van der Waals surface area contributed by atoms with E-state index in [9.17, 15) is 38.2 Å². The lowest BCUT2D eigenvalue weighted by Gasteiger charge is -2.32. The van der Waals surface area contributed by atoms with Crippen molar-refractivity contribution in [1.82, 2.24) is 9.97 Å². The van der Waals surface area contributed by atoms with E-state index in [0.29, 0.717) is 0 Å². The maximum atomic E-state index is 14.1. The molecule has 0 saturated carbocycles. The van der Waals surface area contributed by atoms with Crippen LogP contribution in [0.1, 0.15) is 49.9 Å². The first kappa shape index (κ1) is 31.5. The van der Waals surface area contributed by atoms with Gasteiger partial charge in [0.25, 0.3) is 5.40 Å². The van der Waals surface area contributed by atoms with Crippen LogP contribution in [0, 0.1) is 0 Å². The van der Waals surface area contributed by atoms with Crippen LogP contribution in [0.25, 0.3) is 11.0 Å². The Balaban J connectivity index is 3.13. The molecule has 36 heavy (non-hydrogen) atoms. The van der Waals surface area contributed by atoms with E-state index in [2.05, 4.69) is 9.97 Å². The molecule has 5 N–H and O–H groups in total. The largest absolute Gasteiger partial charge is 0.426 e. The average Bonchev–Trinajstić information content (AvgIpc) is 2.72. The molecule has 0 spiro atoms. The predicted molar refractivity (Wildman–Crippen MR) is 132 cm³/mol. The third-order valence-electron chi connectivity index (χ3n) is 4.60. The molecule has 1 aromatic heterocycles. The van der Waals surface area contributed by atoms with Gasteiger partial charge in [0, 0.05) is 0 Å². The fraction of sp³-hybridized carbons (Fsp3) is 0.556. The van der Waals surface area contributed by atoms with E-state index < -0.39 is 52.9 Å². The lowest BCUT2D eigenvalue weighted by atomic mass is 10.2. The molecule has 0 aliphatic heterocycles. The summed E-state index contributed by atoms with van der Waals surface area (Å²) < 4.78 is 62.2. The smallest absolute Gasteiger partial charge is 0.321 e. The van der Waals surface area contributed by atoms with Crippen LogP contribution >= 0.6 is 30.7 Å². The second-order valence-corrected chi connectivity index (χ2v) is 15.7. The van der Waals surface area contributed by atoms with E-state index in [1.807, 2.05) is 0 Å². The zero-order valence-electron chi connectivity index (χ0n) is 20.1. The monoisotopic (exact) mass is 591 g/mol. The van der Waals surface area contributed by atoms with Gasteiger partial charge in [-0.25, -0.2) is 9.97 Å². The number of nitrogens with zero attached hydrogens (tertiary/aromatic N) is 2. The van der Waals surface area contributed by atoms with Gasteiger partial charge in [-0.3, -0.25) is 13.7 Å². The van der Waals surface area contributed by atoms with Gasteiger partial charge in [0.05, 0.1) is 43.2 Å². The molecule has 2 aromatic rings. The van der Waals surface area contributed by atoms with Gasteiger partial charge < -0.3 is 27.9 Å². The van der Waals surface area contributed by atoms with Gasteiger partial charge in [0.2, 0.25) is 5.40 Å². The molecule has 1 unspecified atom stereocenters. The number of hydrogen-bond donors (Lipinski definition) is 5. The Morgan fingerprint density at radius 2 is 1.11 bits per heavy atom. The Morgan fingerprint density at radius 3 is 1.42 bits per heavy atom. The molecule has 0 aliphatic rings. The maximum Gasteiger partial charge on any atom is 0.426 e. The number of aromatic nitrogens is 2. The second-order valence-electron chi connectivity index (χ2n) is 7.18. The van der Waals surface area contributed by atoms with Gasteiger partial charge >= 0.3 is 30.7 Å². The number of hydrogen-bond acceptors (Lipinski definition) is 12. The van der Waals surface area contributed by atoms with E-state index >= 15 is 0 Å². The van der Waals surface area contributed by atoms with Crippen molar-refractivity contribution < 1.29 is 56.3 Å². The van der Waals surface area contributed by atoms with Crippen LogP contribution in [0.5, 0.6) is 0 Å². The molecule has 0 saturated heterocycles. The van der Waals surface area contributed by atoms with Gasteiger partial charge in [0.15, 0.2) is 0 Å². The van der Waals surface area contributed by atoms with Crippen molar-refractivity contribution in [3.05, 3.63) is 35.7 Å². The summed E-state index contributed by atoms with van der Waals surface area (Å²) in [7, 11) is -20.1. The van der Waals surface area contributed by atoms with E-state index in [1.54, 1.807) is 6.07 Å². The molecule has 0 radical (unpaired) electrons. The summed E-state index contributed by atoms with van der Waals surface area (Å²) in [5.41, 5.74) is -1.40. The van der Waals surface area contributed by atoms with Crippen LogP contribution < -0.4 is 0 Å². The summed E-state index contributed by atoms with van der Waals surface area (Å²) in [5, 5.41) is -4.77. The molecular formula is C18H31N2O12P4+. The fourth-order valence-corrected chi connectivity index (χ4v) is 11.4. The number of fused-ring (bicyclic) bond motifs is 1.